The zero-order valence-corrected chi connectivity index (χ0v) is 18.0. The second-order valence-electron chi connectivity index (χ2n) is 6.90. The summed E-state index contributed by atoms with van der Waals surface area (Å²) >= 11 is 0. The van der Waals surface area contributed by atoms with Crippen LogP contribution in [0, 0.1) is 13.8 Å². The van der Waals surface area contributed by atoms with Gasteiger partial charge in [-0.3, -0.25) is 4.79 Å². The van der Waals surface area contributed by atoms with Crippen LogP contribution in [-0.4, -0.2) is 36.2 Å². The predicted octanol–water partition coefficient (Wildman–Crippen LogP) is 2.32. The molecule has 1 unspecified atom stereocenters. The summed E-state index contributed by atoms with van der Waals surface area (Å²) in [5.41, 5.74) is 2.51. The summed E-state index contributed by atoms with van der Waals surface area (Å²) in [6, 6.07) is 14.7. The number of nitrogens with zero attached hydrogens (tertiary/aromatic N) is 2. The Bertz CT molecular complexity index is 1220. The SMILES string of the molecule is Cc1nn(-c2ccccc2)c(C)c1C(=O)OC(C)C(=O)Nc1ccc(S(N)(=O)=O)cc1. The Balaban J connectivity index is 1.70. The van der Waals surface area contributed by atoms with Crippen molar-refractivity contribution in [2.24, 2.45) is 5.14 Å². The van der Waals surface area contributed by atoms with Crippen molar-refractivity contribution in [3.05, 3.63) is 71.5 Å². The molecule has 1 aromatic heterocycles. The van der Waals surface area contributed by atoms with E-state index in [-0.39, 0.29) is 4.90 Å². The topological polar surface area (TPSA) is 133 Å². The van der Waals surface area contributed by atoms with E-state index in [0.717, 1.165) is 5.69 Å². The summed E-state index contributed by atoms with van der Waals surface area (Å²) < 4.78 is 29.6. The minimum Gasteiger partial charge on any atom is -0.449 e. The summed E-state index contributed by atoms with van der Waals surface area (Å²) in [7, 11) is -3.83. The maximum absolute atomic E-state index is 12.7. The van der Waals surface area contributed by atoms with Crippen LogP contribution in [0.5, 0.6) is 0 Å². The molecule has 2 aromatic carbocycles. The van der Waals surface area contributed by atoms with Crippen molar-refractivity contribution >= 4 is 27.6 Å². The van der Waals surface area contributed by atoms with E-state index in [0.29, 0.717) is 22.6 Å². The lowest BCUT2D eigenvalue weighted by Crippen LogP contribution is -2.30. The zero-order valence-electron chi connectivity index (χ0n) is 17.2. The summed E-state index contributed by atoms with van der Waals surface area (Å²) in [4.78, 5) is 25.0. The second kappa shape index (κ2) is 8.70. The van der Waals surface area contributed by atoms with Gasteiger partial charge in [-0.25, -0.2) is 23.0 Å². The van der Waals surface area contributed by atoms with E-state index in [2.05, 4.69) is 10.4 Å². The number of carbonyl (C=O) groups excluding carboxylic acids is 2. The van der Waals surface area contributed by atoms with Gasteiger partial charge >= 0.3 is 5.97 Å². The van der Waals surface area contributed by atoms with E-state index in [4.69, 9.17) is 9.88 Å². The third-order valence-electron chi connectivity index (χ3n) is 4.60. The lowest BCUT2D eigenvalue weighted by atomic mass is 10.2. The number of carbonyl (C=O) groups is 2. The molecule has 9 nitrogen and oxygen atoms in total. The molecule has 0 spiro atoms. The molecule has 162 valence electrons. The molecule has 0 aliphatic heterocycles. The summed E-state index contributed by atoms with van der Waals surface area (Å²) in [6.45, 7) is 4.89. The fourth-order valence-electron chi connectivity index (χ4n) is 3.00. The zero-order chi connectivity index (χ0) is 22.8. The third kappa shape index (κ3) is 4.98. The number of nitrogens with two attached hydrogens (primary N) is 1. The van der Waals surface area contributed by atoms with Crippen LogP contribution in [0.1, 0.15) is 28.7 Å². The van der Waals surface area contributed by atoms with E-state index in [1.807, 2.05) is 30.3 Å². The number of hydrogen-bond donors (Lipinski definition) is 2. The number of amides is 1. The molecular formula is C21H22N4O5S. The molecule has 3 N–H and O–H groups in total. The Hall–Kier alpha value is -3.50. The maximum atomic E-state index is 12.7. The van der Waals surface area contributed by atoms with Crippen LogP contribution >= 0.6 is 0 Å². The lowest BCUT2D eigenvalue weighted by Gasteiger charge is -2.14. The Kier molecular flexibility index (Phi) is 6.23. The van der Waals surface area contributed by atoms with Gasteiger partial charge in [0.2, 0.25) is 10.0 Å². The molecule has 0 bridgehead atoms. The first-order chi connectivity index (χ1) is 14.6. The van der Waals surface area contributed by atoms with E-state index in [9.17, 15) is 18.0 Å². The second-order valence-corrected chi connectivity index (χ2v) is 8.46. The smallest absolute Gasteiger partial charge is 0.342 e. The van der Waals surface area contributed by atoms with Gasteiger partial charge in [0.15, 0.2) is 6.10 Å². The molecule has 10 heteroatoms. The Labute approximate surface area is 179 Å². The highest BCUT2D eigenvalue weighted by molar-refractivity contribution is 7.89. The first-order valence-corrected chi connectivity index (χ1v) is 10.9. The Morgan fingerprint density at radius 2 is 1.68 bits per heavy atom. The molecule has 0 saturated heterocycles. The quantitative estimate of drug-likeness (QED) is 0.563. The van der Waals surface area contributed by atoms with Crippen LogP contribution in [0.15, 0.2) is 59.5 Å². The van der Waals surface area contributed by atoms with Crippen LogP contribution in [-0.2, 0) is 19.6 Å². The monoisotopic (exact) mass is 442 g/mol. The number of esters is 1. The predicted molar refractivity (Wildman–Crippen MR) is 114 cm³/mol. The number of ether oxygens (including phenoxy) is 1. The largest absolute Gasteiger partial charge is 0.449 e. The number of aromatic nitrogens is 2. The van der Waals surface area contributed by atoms with E-state index in [1.165, 1.54) is 31.2 Å². The van der Waals surface area contributed by atoms with Crippen LogP contribution in [0.2, 0.25) is 0 Å². The lowest BCUT2D eigenvalue weighted by molar-refractivity contribution is -0.123. The molecule has 31 heavy (non-hydrogen) atoms. The van der Waals surface area contributed by atoms with Gasteiger partial charge in [-0.1, -0.05) is 18.2 Å². The van der Waals surface area contributed by atoms with Crippen molar-refractivity contribution in [2.45, 2.75) is 31.8 Å². The molecular weight excluding hydrogens is 420 g/mol. The molecule has 1 amide bonds. The van der Waals surface area contributed by atoms with Crippen molar-refractivity contribution in [1.29, 1.82) is 0 Å². The molecule has 3 rings (SSSR count). The summed E-state index contributed by atoms with van der Waals surface area (Å²) in [5.74, 6) is -1.23. The van der Waals surface area contributed by atoms with E-state index < -0.39 is 28.0 Å². The highest BCUT2D eigenvalue weighted by atomic mass is 32.2. The van der Waals surface area contributed by atoms with E-state index in [1.54, 1.807) is 18.5 Å². The first kappa shape index (κ1) is 22.2. The molecule has 0 aliphatic carbocycles. The van der Waals surface area contributed by atoms with Crippen molar-refractivity contribution in [3.63, 3.8) is 0 Å². The number of rotatable bonds is 6. The molecule has 0 fully saturated rings. The van der Waals surface area contributed by atoms with Gasteiger partial charge in [-0.15, -0.1) is 0 Å². The minimum absolute atomic E-state index is 0.0775. The Morgan fingerprint density at radius 1 is 1.06 bits per heavy atom. The fourth-order valence-corrected chi connectivity index (χ4v) is 3.52. The van der Waals surface area contributed by atoms with Gasteiger partial charge in [0.1, 0.15) is 5.56 Å². The number of nitrogens with one attached hydrogen (secondary N) is 1. The normalized spacial score (nSPS) is 12.3. The van der Waals surface area contributed by atoms with Gasteiger partial charge in [-0.2, -0.15) is 5.10 Å². The number of anilines is 1. The Morgan fingerprint density at radius 3 is 2.26 bits per heavy atom. The average Bonchev–Trinajstić information content (AvgIpc) is 3.02. The number of para-hydroxylation sites is 1. The van der Waals surface area contributed by atoms with Crippen molar-refractivity contribution < 1.29 is 22.7 Å². The number of primary sulfonamides is 1. The molecule has 1 heterocycles. The summed E-state index contributed by atoms with van der Waals surface area (Å²) in [6.07, 6.45) is -1.09. The van der Waals surface area contributed by atoms with Gasteiger partial charge in [-0.05, 0) is 57.2 Å². The average molecular weight is 442 g/mol. The van der Waals surface area contributed by atoms with Gasteiger partial charge in [0, 0.05) is 5.69 Å². The van der Waals surface area contributed by atoms with Gasteiger partial charge in [0.05, 0.1) is 22.0 Å². The molecule has 0 aliphatic rings. The van der Waals surface area contributed by atoms with E-state index >= 15 is 0 Å². The molecule has 0 radical (unpaired) electrons. The standard InChI is InChI=1S/C21H22N4O5S/c1-13-19(14(2)25(24-13)17-7-5-4-6-8-17)21(27)30-15(3)20(26)23-16-9-11-18(12-10-16)31(22,28)29/h4-12,15H,1-3H3,(H,23,26)(H2,22,28,29). The molecule has 3 aromatic rings. The van der Waals surface area contributed by atoms with Crippen molar-refractivity contribution in [1.82, 2.24) is 9.78 Å². The highest BCUT2D eigenvalue weighted by Crippen LogP contribution is 2.20. The number of sulfonamides is 1. The van der Waals surface area contributed by atoms with Gasteiger partial charge < -0.3 is 10.1 Å². The number of hydrogen-bond acceptors (Lipinski definition) is 6. The van der Waals surface area contributed by atoms with Crippen molar-refractivity contribution in [2.75, 3.05) is 5.32 Å². The van der Waals surface area contributed by atoms with Crippen LogP contribution in [0.25, 0.3) is 5.69 Å². The third-order valence-corrected chi connectivity index (χ3v) is 5.53. The fraction of sp³-hybridized carbons (Fsp3) is 0.190. The van der Waals surface area contributed by atoms with Crippen molar-refractivity contribution in [3.8, 4) is 5.69 Å². The first-order valence-electron chi connectivity index (χ1n) is 9.34. The molecule has 1 atom stereocenters. The number of aryl methyl sites for hydroxylation is 1. The van der Waals surface area contributed by atoms with Gasteiger partial charge in [0.25, 0.3) is 5.91 Å². The van der Waals surface area contributed by atoms with Crippen LogP contribution in [0.3, 0.4) is 0 Å². The van der Waals surface area contributed by atoms with Crippen LogP contribution in [0.4, 0.5) is 5.69 Å². The maximum Gasteiger partial charge on any atom is 0.342 e. The summed E-state index contributed by atoms with van der Waals surface area (Å²) in [5, 5.41) is 12.0. The van der Waals surface area contributed by atoms with Crippen LogP contribution < -0.4 is 10.5 Å². The number of benzene rings is 2. The highest BCUT2D eigenvalue weighted by Gasteiger charge is 2.25. The minimum atomic E-state index is -3.83. The molecule has 0 saturated carbocycles.